The van der Waals surface area contributed by atoms with Crippen LogP contribution in [0.4, 0.5) is 0 Å². The summed E-state index contributed by atoms with van der Waals surface area (Å²) in [6.45, 7) is 2.59. The number of hydrogen-bond acceptors (Lipinski definition) is 4. The number of ether oxygens (including phenoxy) is 2. The topological polar surface area (TPSA) is 55.8 Å². The third-order valence-electron chi connectivity index (χ3n) is 5.24. The molecule has 3 rings (SSSR count). The summed E-state index contributed by atoms with van der Waals surface area (Å²) < 4.78 is 11.1. The molecule has 1 aliphatic rings. The van der Waals surface area contributed by atoms with Crippen LogP contribution in [0.25, 0.3) is 0 Å². The van der Waals surface area contributed by atoms with E-state index in [9.17, 15) is 9.90 Å². The van der Waals surface area contributed by atoms with Gasteiger partial charge in [-0.3, -0.25) is 4.79 Å². The normalized spacial score (nSPS) is 17.1. The first kappa shape index (κ1) is 19.4. The van der Waals surface area contributed by atoms with Crippen LogP contribution in [0, 0.1) is 0 Å². The maximum Gasteiger partial charge on any atom is 0.316 e. The summed E-state index contributed by atoms with van der Waals surface area (Å²) >= 11 is 0. The molecule has 2 aromatic rings. The summed E-state index contributed by atoms with van der Waals surface area (Å²) in [6.07, 6.45) is 4.23. The van der Waals surface area contributed by atoms with Gasteiger partial charge in [0.1, 0.15) is 18.3 Å². The van der Waals surface area contributed by atoms with Gasteiger partial charge in [-0.25, -0.2) is 0 Å². The second kappa shape index (κ2) is 9.05. The van der Waals surface area contributed by atoms with Crippen molar-refractivity contribution in [2.45, 2.75) is 57.2 Å². The van der Waals surface area contributed by atoms with Crippen LogP contribution in [-0.4, -0.2) is 23.3 Å². The van der Waals surface area contributed by atoms with E-state index in [4.69, 9.17) is 9.47 Å². The number of hydrogen-bond donors (Lipinski definition) is 1. The fraction of sp³-hybridized carbons (Fsp3) is 0.435. The lowest BCUT2D eigenvalue weighted by molar-refractivity contribution is -0.154. The van der Waals surface area contributed by atoms with Crippen molar-refractivity contribution in [2.75, 3.05) is 6.61 Å². The van der Waals surface area contributed by atoms with Gasteiger partial charge < -0.3 is 14.6 Å². The average Bonchev–Trinajstić information content (AvgIpc) is 2.69. The molecule has 0 saturated heterocycles. The van der Waals surface area contributed by atoms with Crippen LogP contribution in [0.5, 0.6) is 5.75 Å². The van der Waals surface area contributed by atoms with Crippen LogP contribution < -0.4 is 4.74 Å². The summed E-state index contributed by atoms with van der Waals surface area (Å²) in [5, 5.41) is 11.2. The number of aliphatic hydroxyl groups is 1. The van der Waals surface area contributed by atoms with Gasteiger partial charge in [-0.05, 0) is 43.0 Å². The van der Waals surface area contributed by atoms with E-state index in [-0.39, 0.29) is 5.97 Å². The Morgan fingerprint density at radius 1 is 1.04 bits per heavy atom. The monoisotopic (exact) mass is 368 g/mol. The molecule has 0 spiro atoms. The molecule has 0 heterocycles. The molecule has 0 radical (unpaired) electrons. The van der Waals surface area contributed by atoms with Gasteiger partial charge in [-0.15, -0.1) is 0 Å². The first-order valence-electron chi connectivity index (χ1n) is 9.78. The Labute approximate surface area is 161 Å². The molecular formula is C23H28O4. The second-order valence-electron chi connectivity index (χ2n) is 7.19. The van der Waals surface area contributed by atoms with Crippen molar-refractivity contribution < 1.29 is 19.4 Å². The summed E-state index contributed by atoms with van der Waals surface area (Å²) in [6, 6.07) is 17.4. The number of esters is 1. The zero-order valence-corrected chi connectivity index (χ0v) is 15.9. The van der Waals surface area contributed by atoms with Crippen LogP contribution in [0.3, 0.4) is 0 Å². The van der Waals surface area contributed by atoms with Crippen molar-refractivity contribution in [2.24, 2.45) is 0 Å². The average molecular weight is 368 g/mol. The van der Waals surface area contributed by atoms with Crippen molar-refractivity contribution >= 4 is 5.97 Å². The van der Waals surface area contributed by atoms with Gasteiger partial charge >= 0.3 is 5.97 Å². The Hall–Kier alpha value is -2.33. The molecule has 1 N–H and O–H groups in total. The Morgan fingerprint density at radius 3 is 2.33 bits per heavy atom. The zero-order chi connectivity index (χ0) is 19.1. The molecular weight excluding hydrogens is 340 g/mol. The third kappa shape index (κ3) is 4.89. The van der Waals surface area contributed by atoms with Crippen LogP contribution in [-0.2, 0) is 16.1 Å². The van der Waals surface area contributed by atoms with Crippen LogP contribution in [0.15, 0.2) is 54.6 Å². The smallest absolute Gasteiger partial charge is 0.316 e. The largest absolute Gasteiger partial charge is 0.489 e. The van der Waals surface area contributed by atoms with Gasteiger partial charge in [-0.1, -0.05) is 61.7 Å². The highest BCUT2D eigenvalue weighted by molar-refractivity contribution is 5.80. The minimum atomic E-state index is -1.03. The predicted molar refractivity (Wildman–Crippen MR) is 105 cm³/mol. The summed E-state index contributed by atoms with van der Waals surface area (Å²) in [5.41, 5.74) is 0.851. The van der Waals surface area contributed by atoms with Crippen molar-refractivity contribution in [3.63, 3.8) is 0 Å². The van der Waals surface area contributed by atoms with Crippen LogP contribution in [0.1, 0.15) is 56.1 Å². The molecule has 144 valence electrons. The number of rotatable bonds is 7. The first-order chi connectivity index (χ1) is 13.1. The molecule has 0 aliphatic heterocycles. The van der Waals surface area contributed by atoms with Gasteiger partial charge in [0.2, 0.25) is 0 Å². The van der Waals surface area contributed by atoms with Crippen molar-refractivity contribution in [1.82, 2.24) is 0 Å². The lowest BCUT2D eigenvalue weighted by Gasteiger charge is -2.38. The molecule has 4 nitrogen and oxygen atoms in total. The molecule has 4 heteroatoms. The summed E-state index contributed by atoms with van der Waals surface area (Å²) in [5.74, 6) is -0.262. The van der Waals surface area contributed by atoms with Gasteiger partial charge in [0.05, 0.1) is 12.2 Å². The van der Waals surface area contributed by atoms with E-state index in [2.05, 4.69) is 0 Å². The molecule has 2 aromatic carbocycles. The number of carbonyl (C=O) groups is 1. The first-order valence-corrected chi connectivity index (χ1v) is 9.78. The Morgan fingerprint density at radius 2 is 1.70 bits per heavy atom. The van der Waals surface area contributed by atoms with E-state index in [1.807, 2.05) is 54.6 Å². The zero-order valence-electron chi connectivity index (χ0n) is 15.9. The quantitative estimate of drug-likeness (QED) is 0.725. The van der Waals surface area contributed by atoms with Crippen LogP contribution >= 0.6 is 0 Å². The molecule has 1 aliphatic carbocycles. The molecule has 0 bridgehead atoms. The molecule has 1 atom stereocenters. The highest BCUT2D eigenvalue weighted by Crippen LogP contribution is 2.41. The van der Waals surface area contributed by atoms with E-state index in [0.29, 0.717) is 26.1 Å². The Bertz CT molecular complexity index is 718. The number of benzene rings is 2. The van der Waals surface area contributed by atoms with Crippen molar-refractivity contribution in [3.05, 3.63) is 65.7 Å². The van der Waals surface area contributed by atoms with E-state index < -0.39 is 11.5 Å². The lowest BCUT2D eigenvalue weighted by atomic mass is 9.73. The molecule has 1 saturated carbocycles. The molecule has 27 heavy (non-hydrogen) atoms. The summed E-state index contributed by atoms with van der Waals surface area (Å²) in [4.78, 5) is 12.6. The molecule has 0 amide bonds. The highest BCUT2D eigenvalue weighted by atomic mass is 16.5. The van der Waals surface area contributed by atoms with Crippen LogP contribution in [0.2, 0.25) is 0 Å². The predicted octanol–water partition coefficient (Wildman–Crippen LogP) is 4.61. The third-order valence-corrected chi connectivity index (χ3v) is 5.24. The molecule has 0 aromatic heterocycles. The fourth-order valence-corrected chi connectivity index (χ4v) is 3.84. The number of carbonyl (C=O) groups excluding carboxylic acids is 1. The second-order valence-corrected chi connectivity index (χ2v) is 7.19. The lowest BCUT2D eigenvalue weighted by Crippen LogP contribution is -2.43. The Balaban J connectivity index is 1.75. The molecule has 1 fully saturated rings. The van der Waals surface area contributed by atoms with E-state index in [1.165, 1.54) is 0 Å². The minimum absolute atomic E-state index is 0.309. The minimum Gasteiger partial charge on any atom is -0.489 e. The maximum atomic E-state index is 12.6. The van der Waals surface area contributed by atoms with Gasteiger partial charge in [0.25, 0.3) is 0 Å². The van der Waals surface area contributed by atoms with E-state index in [0.717, 1.165) is 36.1 Å². The van der Waals surface area contributed by atoms with Gasteiger partial charge in [-0.2, -0.15) is 0 Å². The Kier molecular flexibility index (Phi) is 6.51. The fourth-order valence-electron chi connectivity index (χ4n) is 3.84. The van der Waals surface area contributed by atoms with Crippen molar-refractivity contribution in [1.29, 1.82) is 0 Å². The SMILES string of the molecule is CCOC(=O)[C@@H](c1ccc(OCc2ccccc2)cc1)C1(O)CCCCC1. The standard InChI is InChI=1S/C23H28O4/c1-2-26-22(24)21(23(25)15-7-4-8-16-23)19-11-13-20(14-12-19)27-17-18-9-5-3-6-10-18/h3,5-6,9-14,21,25H,2,4,7-8,15-17H2,1H3/t21-/m1/s1. The highest BCUT2D eigenvalue weighted by Gasteiger charge is 2.44. The van der Waals surface area contributed by atoms with Gasteiger partial charge in [0.15, 0.2) is 0 Å². The van der Waals surface area contributed by atoms with E-state index in [1.54, 1.807) is 6.92 Å². The van der Waals surface area contributed by atoms with E-state index >= 15 is 0 Å². The van der Waals surface area contributed by atoms with Crippen molar-refractivity contribution in [3.8, 4) is 5.75 Å². The molecule has 0 unspecified atom stereocenters. The van der Waals surface area contributed by atoms with Gasteiger partial charge in [0, 0.05) is 0 Å². The summed E-state index contributed by atoms with van der Waals surface area (Å²) in [7, 11) is 0. The maximum absolute atomic E-state index is 12.6.